The lowest BCUT2D eigenvalue weighted by atomic mass is 9.77. The Hall–Kier alpha value is -2.77. The summed E-state index contributed by atoms with van der Waals surface area (Å²) in [5.74, 6) is -0.892. The van der Waals surface area contributed by atoms with Gasteiger partial charge >= 0.3 is 5.97 Å². The average molecular weight is 374 g/mol. The molecule has 0 radical (unpaired) electrons. The van der Waals surface area contributed by atoms with Crippen molar-refractivity contribution in [1.29, 1.82) is 0 Å². The maximum absolute atomic E-state index is 13.4. The Labute approximate surface area is 156 Å². The average Bonchev–Trinajstić information content (AvgIpc) is 3.07. The molecule has 1 N–H and O–H groups in total. The smallest absolute Gasteiger partial charge is 0.304 e. The van der Waals surface area contributed by atoms with Crippen molar-refractivity contribution < 1.29 is 19.1 Å². The van der Waals surface area contributed by atoms with Crippen LogP contribution >= 0.6 is 0 Å². The highest BCUT2D eigenvalue weighted by atomic mass is 19.1. The lowest BCUT2D eigenvalue weighted by Crippen LogP contribution is -2.49. The van der Waals surface area contributed by atoms with Crippen LogP contribution in [-0.4, -0.2) is 49.7 Å². The van der Waals surface area contributed by atoms with Gasteiger partial charge in [0.05, 0.1) is 11.8 Å². The van der Waals surface area contributed by atoms with E-state index in [0.29, 0.717) is 18.7 Å². The van der Waals surface area contributed by atoms with E-state index in [9.17, 15) is 19.1 Å². The Balaban J connectivity index is 1.88. The fourth-order valence-corrected chi connectivity index (χ4v) is 3.80. The molecule has 1 aliphatic heterocycles. The summed E-state index contributed by atoms with van der Waals surface area (Å²) in [5.41, 5.74) is -0.765. The third kappa shape index (κ3) is 3.84. The summed E-state index contributed by atoms with van der Waals surface area (Å²) in [7, 11) is 1.86. The third-order valence-electron chi connectivity index (χ3n) is 5.28. The zero-order valence-corrected chi connectivity index (χ0v) is 15.4. The number of likely N-dealkylation sites (tertiary alicyclic amines) is 1. The molecule has 0 saturated carbocycles. The highest BCUT2D eigenvalue weighted by Crippen LogP contribution is 2.34. The third-order valence-corrected chi connectivity index (χ3v) is 5.28. The van der Waals surface area contributed by atoms with Crippen LogP contribution in [0, 0.1) is 5.82 Å². The number of aryl methyl sites for hydroxylation is 1. The molecular formula is C19H23FN4O3. The molecule has 1 amide bonds. The van der Waals surface area contributed by atoms with Crippen LogP contribution in [0.1, 0.15) is 43.5 Å². The SMILES string of the molecule is Cn1cnnc1C1CCCN(C(=O)C(C)(CC(=O)O)c2ccc(F)cc2)C1. The van der Waals surface area contributed by atoms with E-state index in [1.54, 1.807) is 18.2 Å². The van der Waals surface area contributed by atoms with Crippen LogP contribution in [0.15, 0.2) is 30.6 Å². The van der Waals surface area contributed by atoms with Crippen LogP contribution < -0.4 is 0 Å². The predicted molar refractivity (Wildman–Crippen MR) is 95.6 cm³/mol. The Morgan fingerprint density at radius 2 is 2.04 bits per heavy atom. The molecule has 27 heavy (non-hydrogen) atoms. The number of benzene rings is 1. The molecule has 1 aliphatic rings. The maximum atomic E-state index is 13.4. The zero-order chi connectivity index (χ0) is 19.6. The maximum Gasteiger partial charge on any atom is 0.304 e. The summed E-state index contributed by atoms with van der Waals surface area (Å²) < 4.78 is 15.2. The van der Waals surface area contributed by atoms with Crippen molar-refractivity contribution >= 4 is 11.9 Å². The van der Waals surface area contributed by atoms with Gasteiger partial charge in [0, 0.05) is 26.1 Å². The van der Waals surface area contributed by atoms with Crippen LogP contribution in [-0.2, 0) is 22.1 Å². The Morgan fingerprint density at radius 3 is 2.63 bits per heavy atom. The molecule has 3 rings (SSSR count). The quantitative estimate of drug-likeness (QED) is 0.866. The molecule has 2 heterocycles. The van der Waals surface area contributed by atoms with E-state index in [4.69, 9.17) is 0 Å². The number of halogens is 1. The second kappa shape index (κ2) is 7.46. The second-order valence-corrected chi connectivity index (χ2v) is 7.30. The molecule has 8 heteroatoms. The summed E-state index contributed by atoms with van der Waals surface area (Å²) in [4.78, 5) is 26.5. The van der Waals surface area contributed by atoms with Gasteiger partial charge in [-0.3, -0.25) is 9.59 Å². The number of carboxylic acid groups (broad SMARTS) is 1. The van der Waals surface area contributed by atoms with Gasteiger partial charge in [-0.2, -0.15) is 0 Å². The molecule has 1 saturated heterocycles. The fraction of sp³-hybridized carbons (Fsp3) is 0.474. The number of carboxylic acids is 1. The standard InChI is InChI=1S/C19H23FN4O3/c1-19(10-16(25)26,14-5-7-15(20)8-6-14)18(27)24-9-3-4-13(11-24)17-22-21-12-23(17)2/h5-8,12-13H,3-4,9-11H2,1-2H3,(H,25,26). The molecule has 2 aromatic rings. The topological polar surface area (TPSA) is 88.3 Å². The minimum Gasteiger partial charge on any atom is -0.481 e. The molecule has 0 bridgehead atoms. The molecule has 144 valence electrons. The van der Waals surface area contributed by atoms with Crippen LogP contribution in [0.4, 0.5) is 4.39 Å². The van der Waals surface area contributed by atoms with E-state index in [0.717, 1.165) is 18.7 Å². The van der Waals surface area contributed by atoms with Crippen LogP contribution in [0.2, 0.25) is 0 Å². The number of aliphatic carboxylic acids is 1. The van der Waals surface area contributed by atoms with Crippen molar-refractivity contribution in [3.63, 3.8) is 0 Å². The van der Waals surface area contributed by atoms with Gasteiger partial charge in [0.25, 0.3) is 0 Å². The molecule has 0 aliphatic carbocycles. The fourth-order valence-electron chi connectivity index (χ4n) is 3.80. The van der Waals surface area contributed by atoms with E-state index in [1.807, 2.05) is 11.6 Å². The molecule has 1 fully saturated rings. The van der Waals surface area contributed by atoms with Crippen molar-refractivity contribution in [3.8, 4) is 0 Å². The summed E-state index contributed by atoms with van der Waals surface area (Å²) in [6.07, 6.45) is 2.96. The van der Waals surface area contributed by atoms with E-state index in [-0.39, 0.29) is 18.2 Å². The largest absolute Gasteiger partial charge is 0.481 e. The highest BCUT2D eigenvalue weighted by Gasteiger charge is 2.42. The normalized spacial score (nSPS) is 19.5. The second-order valence-electron chi connectivity index (χ2n) is 7.30. The summed E-state index contributed by atoms with van der Waals surface area (Å²) in [6.45, 7) is 2.63. The zero-order valence-electron chi connectivity index (χ0n) is 15.4. The van der Waals surface area contributed by atoms with Crippen molar-refractivity contribution in [2.45, 2.75) is 37.5 Å². The number of amides is 1. The highest BCUT2D eigenvalue weighted by molar-refractivity contribution is 5.92. The number of hydrogen-bond donors (Lipinski definition) is 1. The Morgan fingerprint density at radius 1 is 1.33 bits per heavy atom. The molecule has 1 aromatic carbocycles. The van der Waals surface area contributed by atoms with Gasteiger partial charge in [-0.05, 0) is 37.5 Å². The van der Waals surface area contributed by atoms with Gasteiger partial charge in [0.1, 0.15) is 18.0 Å². The Bertz CT molecular complexity index is 836. The first-order valence-corrected chi connectivity index (χ1v) is 8.92. The lowest BCUT2D eigenvalue weighted by Gasteiger charge is -2.38. The molecule has 2 unspecified atom stereocenters. The Kier molecular flexibility index (Phi) is 5.25. The van der Waals surface area contributed by atoms with E-state index >= 15 is 0 Å². The number of hydrogen-bond acceptors (Lipinski definition) is 4. The summed E-state index contributed by atoms with van der Waals surface area (Å²) in [5, 5.41) is 17.4. The number of piperidine rings is 1. The first-order chi connectivity index (χ1) is 12.8. The van der Waals surface area contributed by atoms with E-state index in [1.165, 1.54) is 24.3 Å². The van der Waals surface area contributed by atoms with Gasteiger partial charge in [0.15, 0.2) is 0 Å². The van der Waals surface area contributed by atoms with Crippen LogP contribution in [0.3, 0.4) is 0 Å². The van der Waals surface area contributed by atoms with Gasteiger partial charge in [-0.25, -0.2) is 4.39 Å². The van der Waals surface area contributed by atoms with Gasteiger partial charge in [-0.15, -0.1) is 10.2 Å². The predicted octanol–water partition coefficient (Wildman–Crippen LogP) is 2.09. The van der Waals surface area contributed by atoms with Crippen LogP contribution in [0.5, 0.6) is 0 Å². The monoisotopic (exact) mass is 374 g/mol. The van der Waals surface area contributed by atoms with E-state index < -0.39 is 17.2 Å². The molecular weight excluding hydrogens is 351 g/mol. The minimum atomic E-state index is -1.26. The van der Waals surface area contributed by atoms with Gasteiger partial charge in [0.2, 0.25) is 5.91 Å². The first-order valence-electron chi connectivity index (χ1n) is 8.92. The van der Waals surface area contributed by atoms with Crippen molar-refractivity contribution in [2.24, 2.45) is 7.05 Å². The number of rotatable bonds is 5. The summed E-state index contributed by atoms with van der Waals surface area (Å²) >= 11 is 0. The number of carbonyl (C=O) groups is 2. The number of carbonyl (C=O) groups excluding carboxylic acids is 1. The molecule has 1 aromatic heterocycles. The van der Waals surface area contributed by atoms with Crippen LogP contribution in [0.25, 0.3) is 0 Å². The lowest BCUT2D eigenvalue weighted by molar-refractivity contribution is -0.146. The molecule has 7 nitrogen and oxygen atoms in total. The van der Waals surface area contributed by atoms with Gasteiger partial charge in [-0.1, -0.05) is 12.1 Å². The number of aromatic nitrogens is 3. The number of nitrogens with zero attached hydrogens (tertiary/aromatic N) is 4. The summed E-state index contributed by atoms with van der Waals surface area (Å²) in [6, 6.07) is 5.48. The first kappa shape index (κ1) is 19.0. The minimum absolute atomic E-state index is 0.0532. The van der Waals surface area contributed by atoms with Gasteiger partial charge < -0.3 is 14.6 Å². The van der Waals surface area contributed by atoms with Crippen molar-refractivity contribution in [2.75, 3.05) is 13.1 Å². The molecule has 2 atom stereocenters. The molecule has 0 spiro atoms. The van der Waals surface area contributed by atoms with Crippen molar-refractivity contribution in [1.82, 2.24) is 19.7 Å². The van der Waals surface area contributed by atoms with E-state index in [2.05, 4.69) is 10.2 Å². The van der Waals surface area contributed by atoms with Crippen molar-refractivity contribution in [3.05, 3.63) is 47.8 Å².